The molecule has 0 bridgehead atoms. The van der Waals surface area contributed by atoms with Gasteiger partial charge in [0.1, 0.15) is 5.71 Å². The number of aromatic nitrogens is 1. The Morgan fingerprint density at radius 2 is 2.25 bits per heavy atom. The van der Waals surface area contributed by atoms with Gasteiger partial charge < -0.3 is 0 Å². The van der Waals surface area contributed by atoms with Crippen molar-refractivity contribution in [3.05, 3.63) is 29.6 Å². The van der Waals surface area contributed by atoms with E-state index in [0.29, 0.717) is 12.1 Å². The summed E-state index contributed by atoms with van der Waals surface area (Å²) in [4.78, 5) is 4.20. The predicted octanol–water partition coefficient (Wildman–Crippen LogP) is 1.10. The number of hydrogen-bond acceptors (Lipinski definition) is 5. The quantitative estimate of drug-likeness (QED) is 0.726. The molecule has 0 N–H and O–H groups in total. The van der Waals surface area contributed by atoms with E-state index in [4.69, 9.17) is 0 Å². The number of pyridine rings is 1. The molecule has 1 aromatic heterocycles. The van der Waals surface area contributed by atoms with E-state index in [1.54, 1.807) is 6.20 Å². The van der Waals surface area contributed by atoms with E-state index in [1.807, 2.05) is 12.1 Å². The fourth-order valence-electron chi connectivity index (χ4n) is 1.67. The monoisotopic (exact) mass is 240 g/mol. The lowest BCUT2D eigenvalue weighted by Gasteiger charge is -2.15. The van der Waals surface area contributed by atoms with Crippen LogP contribution in [-0.2, 0) is 20.8 Å². The highest BCUT2D eigenvalue weighted by atomic mass is 32.2. The summed E-state index contributed by atoms with van der Waals surface area (Å²) in [5.74, 6) is 0. The van der Waals surface area contributed by atoms with Crippen LogP contribution in [0, 0.1) is 0 Å². The number of oxime groups is 1. The fourth-order valence-corrected chi connectivity index (χ4v) is 1.89. The van der Waals surface area contributed by atoms with Crippen LogP contribution in [0.5, 0.6) is 0 Å². The molecular formula is C10H12N2O3S. The van der Waals surface area contributed by atoms with Crippen LogP contribution in [0.25, 0.3) is 0 Å². The second-order valence-corrected chi connectivity index (χ2v) is 5.24. The van der Waals surface area contributed by atoms with E-state index in [-0.39, 0.29) is 0 Å². The van der Waals surface area contributed by atoms with Crippen LogP contribution in [-0.4, -0.2) is 25.4 Å². The van der Waals surface area contributed by atoms with Crippen molar-refractivity contribution in [2.75, 3.05) is 6.26 Å². The molecule has 0 unspecified atom stereocenters. The van der Waals surface area contributed by atoms with E-state index in [0.717, 1.165) is 30.4 Å². The highest BCUT2D eigenvalue weighted by Gasteiger charge is 2.17. The maximum absolute atomic E-state index is 10.8. The van der Waals surface area contributed by atoms with Crippen molar-refractivity contribution in [2.45, 2.75) is 19.3 Å². The van der Waals surface area contributed by atoms with Crippen LogP contribution in [0.15, 0.2) is 23.5 Å². The molecular weight excluding hydrogens is 228 g/mol. The van der Waals surface area contributed by atoms with Gasteiger partial charge in [-0.3, -0.25) is 9.27 Å². The Kier molecular flexibility index (Phi) is 2.91. The first-order chi connectivity index (χ1) is 7.56. The topological polar surface area (TPSA) is 68.6 Å². The first-order valence-corrected chi connectivity index (χ1v) is 6.78. The first-order valence-electron chi connectivity index (χ1n) is 4.96. The third-order valence-corrected chi connectivity index (χ3v) is 2.65. The predicted molar refractivity (Wildman–Crippen MR) is 59.6 cm³/mol. The first kappa shape index (κ1) is 11.1. The molecule has 0 saturated carbocycles. The van der Waals surface area contributed by atoms with Crippen molar-refractivity contribution in [3.8, 4) is 0 Å². The Morgan fingerprint density at radius 3 is 3.00 bits per heavy atom. The minimum atomic E-state index is -3.54. The average molecular weight is 240 g/mol. The third-order valence-electron chi connectivity index (χ3n) is 2.31. The van der Waals surface area contributed by atoms with Gasteiger partial charge in [-0.15, -0.1) is 0 Å². The van der Waals surface area contributed by atoms with E-state index < -0.39 is 10.1 Å². The van der Waals surface area contributed by atoms with Crippen molar-refractivity contribution >= 4 is 15.8 Å². The number of rotatable bonds is 2. The van der Waals surface area contributed by atoms with Crippen LogP contribution >= 0.6 is 0 Å². The minimum absolute atomic E-state index is 0.604. The summed E-state index contributed by atoms with van der Waals surface area (Å²) in [6.45, 7) is 0. The minimum Gasteiger partial charge on any atom is -0.268 e. The summed E-state index contributed by atoms with van der Waals surface area (Å²) in [5.41, 5.74) is 2.44. The van der Waals surface area contributed by atoms with Gasteiger partial charge in [0.2, 0.25) is 0 Å². The van der Waals surface area contributed by atoms with Crippen molar-refractivity contribution < 1.29 is 12.7 Å². The van der Waals surface area contributed by atoms with E-state index in [9.17, 15) is 8.42 Å². The Bertz CT molecular complexity index is 523. The zero-order chi connectivity index (χ0) is 11.6. The largest absolute Gasteiger partial charge is 0.325 e. The standard InChI is InChI=1S/C10H12N2O3S/c1-16(13,14)15-12-9-6-2-4-8-5-3-7-11-10(8)9/h3,5,7H,2,4,6H2,1H3/b12-9+. The lowest BCUT2D eigenvalue weighted by Crippen LogP contribution is -2.15. The Hall–Kier alpha value is -1.43. The maximum Gasteiger partial charge on any atom is 0.325 e. The summed E-state index contributed by atoms with van der Waals surface area (Å²) in [6, 6.07) is 3.83. The average Bonchev–Trinajstić information content (AvgIpc) is 2.25. The van der Waals surface area contributed by atoms with Crippen molar-refractivity contribution in [1.82, 2.24) is 4.98 Å². The van der Waals surface area contributed by atoms with Gasteiger partial charge in [-0.1, -0.05) is 11.2 Å². The van der Waals surface area contributed by atoms with Gasteiger partial charge >= 0.3 is 10.1 Å². The SMILES string of the molecule is CS(=O)(=O)O/N=C1\CCCc2cccnc21. The van der Waals surface area contributed by atoms with Crippen molar-refractivity contribution in [3.63, 3.8) is 0 Å². The molecule has 6 heteroatoms. The van der Waals surface area contributed by atoms with Gasteiger partial charge in [0, 0.05) is 6.20 Å². The molecule has 16 heavy (non-hydrogen) atoms. The molecule has 0 aromatic carbocycles. The van der Waals surface area contributed by atoms with Gasteiger partial charge in [-0.05, 0) is 30.9 Å². The second kappa shape index (κ2) is 4.21. The van der Waals surface area contributed by atoms with Gasteiger partial charge in [0.25, 0.3) is 0 Å². The van der Waals surface area contributed by atoms with Gasteiger partial charge in [0.15, 0.2) is 0 Å². The van der Waals surface area contributed by atoms with Gasteiger partial charge in [-0.25, -0.2) is 0 Å². The summed E-state index contributed by atoms with van der Waals surface area (Å²) in [5, 5.41) is 3.66. The molecule has 0 saturated heterocycles. The number of hydrogen-bond donors (Lipinski definition) is 0. The maximum atomic E-state index is 10.8. The molecule has 1 aromatic rings. The van der Waals surface area contributed by atoms with Crippen LogP contribution < -0.4 is 0 Å². The van der Waals surface area contributed by atoms with Crippen LogP contribution in [0.1, 0.15) is 24.1 Å². The summed E-state index contributed by atoms with van der Waals surface area (Å²) in [6.07, 6.45) is 5.21. The van der Waals surface area contributed by atoms with Crippen LogP contribution in [0.2, 0.25) is 0 Å². The zero-order valence-corrected chi connectivity index (χ0v) is 9.70. The van der Waals surface area contributed by atoms with Gasteiger partial charge in [-0.2, -0.15) is 8.42 Å². The van der Waals surface area contributed by atoms with E-state index >= 15 is 0 Å². The lowest BCUT2D eigenvalue weighted by molar-refractivity contribution is 0.341. The normalized spacial score (nSPS) is 18.2. The van der Waals surface area contributed by atoms with Crippen LogP contribution in [0.4, 0.5) is 0 Å². The highest BCUT2D eigenvalue weighted by molar-refractivity contribution is 7.85. The molecule has 1 heterocycles. The van der Waals surface area contributed by atoms with Gasteiger partial charge in [0.05, 0.1) is 11.9 Å². The van der Waals surface area contributed by atoms with E-state index in [1.165, 1.54) is 0 Å². The molecule has 86 valence electrons. The second-order valence-electron chi connectivity index (χ2n) is 3.68. The number of nitrogens with zero attached hydrogens (tertiary/aromatic N) is 2. The number of fused-ring (bicyclic) bond motifs is 1. The molecule has 2 rings (SSSR count). The molecule has 0 aliphatic heterocycles. The van der Waals surface area contributed by atoms with Crippen molar-refractivity contribution in [2.24, 2.45) is 5.16 Å². The smallest absolute Gasteiger partial charge is 0.268 e. The molecule has 0 fully saturated rings. The summed E-state index contributed by atoms with van der Waals surface area (Å²) < 4.78 is 26.1. The Labute approximate surface area is 94.3 Å². The Morgan fingerprint density at radius 1 is 1.44 bits per heavy atom. The zero-order valence-electron chi connectivity index (χ0n) is 8.88. The fraction of sp³-hybridized carbons (Fsp3) is 0.400. The molecule has 5 nitrogen and oxygen atoms in total. The summed E-state index contributed by atoms with van der Waals surface area (Å²) in [7, 11) is -3.54. The molecule has 0 spiro atoms. The lowest BCUT2D eigenvalue weighted by atomic mass is 9.95. The molecule has 1 aliphatic carbocycles. The Balaban J connectivity index is 2.32. The number of aryl methyl sites for hydroxylation is 1. The molecule has 1 aliphatic rings. The third kappa shape index (κ3) is 2.57. The van der Waals surface area contributed by atoms with Crippen LogP contribution in [0.3, 0.4) is 0 Å². The highest BCUT2D eigenvalue weighted by Crippen LogP contribution is 2.19. The molecule has 0 atom stereocenters. The molecule has 0 radical (unpaired) electrons. The van der Waals surface area contributed by atoms with Crippen molar-refractivity contribution in [1.29, 1.82) is 0 Å². The van der Waals surface area contributed by atoms with E-state index in [2.05, 4.69) is 14.4 Å². The molecule has 0 amide bonds. The summed E-state index contributed by atoms with van der Waals surface area (Å²) >= 11 is 0.